The Morgan fingerprint density at radius 3 is 2.63 bits per heavy atom. The summed E-state index contributed by atoms with van der Waals surface area (Å²) in [6.07, 6.45) is 0. The van der Waals surface area contributed by atoms with E-state index in [1.54, 1.807) is 31.2 Å². The Morgan fingerprint density at radius 2 is 2.05 bits per heavy atom. The van der Waals surface area contributed by atoms with E-state index in [4.69, 9.17) is 27.9 Å². The van der Waals surface area contributed by atoms with Crippen molar-refractivity contribution in [1.29, 1.82) is 0 Å². The number of carbonyl (C=O) groups is 1. The van der Waals surface area contributed by atoms with Gasteiger partial charge in [-0.15, -0.1) is 0 Å². The van der Waals surface area contributed by atoms with Crippen molar-refractivity contribution in [3.05, 3.63) is 34.9 Å². The summed E-state index contributed by atoms with van der Waals surface area (Å²) in [6.45, 7) is 2.31. The summed E-state index contributed by atoms with van der Waals surface area (Å²) >= 11 is 11.8. The van der Waals surface area contributed by atoms with Gasteiger partial charge in [-0.1, -0.05) is 23.2 Å². The number of amidine groups is 1. The highest BCUT2D eigenvalue weighted by Gasteiger charge is 2.28. The number of ether oxygens (including phenoxy) is 1. The van der Waals surface area contributed by atoms with Crippen LogP contribution in [0.25, 0.3) is 0 Å². The Bertz CT molecular complexity index is 538. The second kappa shape index (κ2) is 6.17. The van der Waals surface area contributed by atoms with Crippen LogP contribution in [-0.4, -0.2) is 30.1 Å². The van der Waals surface area contributed by atoms with Gasteiger partial charge in [0.15, 0.2) is 5.84 Å². The Balaban J connectivity index is 2.16. The molecule has 0 aliphatic carbocycles. The van der Waals surface area contributed by atoms with Gasteiger partial charge in [0.1, 0.15) is 11.1 Å². The van der Waals surface area contributed by atoms with Crippen LogP contribution in [-0.2, 0) is 9.53 Å². The van der Waals surface area contributed by atoms with E-state index in [9.17, 15) is 4.79 Å². The zero-order valence-corrected chi connectivity index (χ0v) is 11.8. The lowest BCUT2D eigenvalue weighted by molar-refractivity contribution is -0.145. The molecule has 1 atom stereocenters. The molecule has 0 fully saturated rings. The molecule has 6 heteroatoms. The third-order valence-corrected chi connectivity index (χ3v) is 3.20. The lowest BCUT2D eigenvalue weighted by Gasteiger charge is -2.16. The number of hydrogen-bond acceptors (Lipinski definition) is 4. The van der Waals surface area contributed by atoms with Crippen molar-refractivity contribution in [3.8, 4) is 0 Å². The summed E-state index contributed by atoms with van der Waals surface area (Å²) in [7, 11) is 0. The van der Waals surface area contributed by atoms with Crippen molar-refractivity contribution in [2.24, 2.45) is 15.9 Å². The molecule has 1 aromatic rings. The molecule has 2 rings (SSSR count). The average molecular weight is 299 g/mol. The lowest BCUT2D eigenvalue weighted by Crippen LogP contribution is -2.29. The predicted molar refractivity (Wildman–Crippen MR) is 76.3 cm³/mol. The minimum Gasteiger partial charge on any atom is -0.465 e. The van der Waals surface area contributed by atoms with Gasteiger partial charge in [0.05, 0.1) is 13.2 Å². The van der Waals surface area contributed by atoms with Gasteiger partial charge < -0.3 is 4.74 Å². The van der Waals surface area contributed by atoms with Crippen molar-refractivity contribution in [2.75, 3.05) is 13.2 Å². The predicted octanol–water partition coefficient (Wildman–Crippen LogP) is 2.92. The molecule has 0 saturated carbocycles. The Kier molecular flexibility index (Phi) is 4.56. The number of hydrogen-bond donors (Lipinski definition) is 0. The van der Waals surface area contributed by atoms with Crippen molar-refractivity contribution < 1.29 is 9.53 Å². The number of esters is 1. The average Bonchev–Trinajstić information content (AvgIpc) is 2.39. The van der Waals surface area contributed by atoms with E-state index in [1.807, 2.05) is 0 Å². The number of rotatable bonds is 3. The van der Waals surface area contributed by atoms with Gasteiger partial charge in [0, 0.05) is 10.6 Å². The first-order valence-corrected chi connectivity index (χ1v) is 6.58. The molecule has 0 spiro atoms. The molecule has 0 bridgehead atoms. The molecule has 100 valence electrons. The van der Waals surface area contributed by atoms with Gasteiger partial charge in [0.25, 0.3) is 0 Å². The lowest BCUT2D eigenvalue weighted by atomic mass is 10.1. The second-order valence-electron chi connectivity index (χ2n) is 3.91. The Labute approximate surface area is 121 Å². The first-order valence-electron chi connectivity index (χ1n) is 5.83. The summed E-state index contributed by atoms with van der Waals surface area (Å²) < 4.78 is 4.92. The van der Waals surface area contributed by atoms with E-state index in [2.05, 4.69) is 9.98 Å². The van der Waals surface area contributed by atoms with E-state index in [1.165, 1.54) is 0 Å². The minimum absolute atomic E-state index is 0.207. The number of halogens is 2. The van der Waals surface area contributed by atoms with Crippen LogP contribution in [0.3, 0.4) is 0 Å². The van der Waals surface area contributed by atoms with Crippen LogP contribution in [0.15, 0.2) is 34.3 Å². The number of carbonyl (C=O) groups excluding carboxylic acids is 1. The highest BCUT2D eigenvalue weighted by molar-refractivity contribution is 6.68. The molecule has 19 heavy (non-hydrogen) atoms. The first-order chi connectivity index (χ1) is 9.11. The molecule has 1 heterocycles. The second-order valence-corrected chi connectivity index (χ2v) is 4.73. The summed E-state index contributed by atoms with van der Waals surface area (Å²) in [5, 5.41) is 0.845. The zero-order chi connectivity index (χ0) is 13.8. The summed E-state index contributed by atoms with van der Waals surface area (Å²) in [5.74, 6) is -0.491. The first kappa shape index (κ1) is 14.0. The van der Waals surface area contributed by atoms with E-state index in [0.717, 1.165) is 5.56 Å². The maximum Gasteiger partial charge on any atom is 0.317 e. The number of aliphatic imine (C=N–C) groups is 2. The van der Waals surface area contributed by atoms with Crippen molar-refractivity contribution in [2.45, 2.75) is 6.92 Å². The van der Waals surface area contributed by atoms with Crippen LogP contribution in [0.1, 0.15) is 12.5 Å². The monoisotopic (exact) mass is 298 g/mol. The van der Waals surface area contributed by atoms with Gasteiger partial charge >= 0.3 is 5.97 Å². The van der Waals surface area contributed by atoms with Gasteiger partial charge in [-0.3, -0.25) is 9.79 Å². The molecule has 1 unspecified atom stereocenters. The molecular weight excluding hydrogens is 287 g/mol. The van der Waals surface area contributed by atoms with Crippen LogP contribution >= 0.6 is 23.2 Å². The molecule has 0 radical (unpaired) electrons. The number of benzene rings is 1. The van der Waals surface area contributed by atoms with Crippen LogP contribution < -0.4 is 0 Å². The van der Waals surface area contributed by atoms with Crippen LogP contribution in [0.2, 0.25) is 5.02 Å². The topological polar surface area (TPSA) is 51.0 Å². The van der Waals surface area contributed by atoms with Crippen LogP contribution in [0.5, 0.6) is 0 Å². The standard InChI is InChI=1S/C13H12Cl2N2O2/c1-2-19-13(18)10-7-16-12(17-11(10)15)8-3-5-9(14)6-4-8/h3-6,10H,2,7H2,1H3. The minimum atomic E-state index is -0.599. The quantitative estimate of drug-likeness (QED) is 0.806. The maximum absolute atomic E-state index is 11.6. The summed E-state index contributed by atoms with van der Waals surface area (Å²) in [4.78, 5) is 20.0. The zero-order valence-electron chi connectivity index (χ0n) is 10.3. The SMILES string of the molecule is CCOC(=O)C1CN=C(c2ccc(Cl)cc2)N=C1Cl. The molecule has 1 aliphatic heterocycles. The fourth-order valence-corrected chi connectivity index (χ4v) is 2.00. The Hall–Kier alpha value is -1.39. The molecule has 0 aromatic heterocycles. The van der Waals surface area contributed by atoms with Crippen LogP contribution in [0, 0.1) is 5.92 Å². The molecule has 0 N–H and O–H groups in total. The van der Waals surface area contributed by atoms with E-state index in [0.29, 0.717) is 17.5 Å². The highest BCUT2D eigenvalue weighted by atomic mass is 35.5. The van der Waals surface area contributed by atoms with Gasteiger partial charge in [0.2, 0.25) is 0 Å². The van der Waals surface area contributed by atoms with Crippen molar-refractivity contribution in [3.63, 3.8) is 0 Å². The molecule has 4 nitrogen and oxygen atoms in total. The van der Waals surface area contributed by atoms with Crippen LogP contribution in [0.4, 0.5) is 0 Å². The normalized spacial score (nSPS) is 18.6. The van der Waals surface area contributed by atoms with E-state index >= 15 is 0 Å². The molecular formula is C13H12Cl2N2O2. The van der Waals surface area contributed by atoms with E-state index in [-0.39, 0.29) is 11.7 Å². The highest BCUT2D eigenvalue weighted by Crippen LogP contribution is 2.18. The molecule has 1 aliphatic rings. The third kappa shape index (κ3) is 3.33. The molecule has 0 saturated heterocycles. The Morgan fingerprint density at radius 1 is 1.37 bits per heavy atom. The van der Waals surface area contributed by atoms with Gasteiger partial charge in [-0.05, 0) is 31.2 Å². The van der Waals surface area contributed by atoms with E-state index < -0.39 is 11.9 Å². The van der Waals surface area contributed by atoms with Crippen molar-refractivity contribution >= 4 is 40.2 Å². The van der Waals surface area contributed by atoms with Crippen molar-refractivity contribution in [1.82, 2.24) is 0 Å². The largest absolute Gasteiger partial charge is 0.465 e. The van der Waals surface area contributed by atoms with Gasteiger partial charge in [-0.25, -0.2) is 4.99 Å². The summed E-state index contributed by atoms with van der Waals surface area (Å²) in [5.41, 5.74) is 0.810. The maximum atomic E-state index is 11.6. The molecule has 0 amide bonds. The van der Waals surface area contributed by atoms with Gasteiger partial charge in [-0.2, -0.15) is 0 Å². The number of nitrogens with zero attached hydrogens (tertiary/aromatic N) is 2. The smallest absolute Gasteiger partial charge is 0.317 e. The fraction of sp³-hybridized carbons (Fsp3) is 0.308. The summed E-state index contributed by atoms with van der Waals surface area (Å²) in [6, 6.07) is 7.11. The molecule has 1 aromatic carbocycles. The third-order valence-electron chi connectivity index (χ3n) is 2.60. The fourth-order valence-electron chi connectivity index (χ4n) is 1.64.